The van der Waals surface area contributed by atoms with Gasteiger partial charge in [-0.1, -0.05) is 29.8 Å². The summed E-state index contributed by atoms with van der Waals surface area (Å²) in [7, 11) is -3.21. The zero-order chi connectivity index (χ0) is 24.6. The Kier molecular flexibility index (Phi) is 6.43. The maximum atomic E-state index is 11.9. The molecule has 5 rings (SSSR count). The lowest BCUT2D eigenvalue weighted by molar-refractivity contribution is 0.131. The molecule has 3 heterocycles. The fourth-order valence-corrected chi connectivity index (χ4v) is 5.36. The van der Waals surface area contributed by atoms with Crippen molar-refractivity contribution in [1.29, 1.82) is 0 Å². The van der Waals surface area contributed by atoms with Crippen LogP contribution in [0.5, 0.6) is 5.88 Å². The summed E-state index contributed by atoms with van der Waals surface area (Å²) in [5.74, 6) is 1.62. The third-order valence-corrected chi connectivity index (χ3v) is 7.71. The van der Waals surface area contributed by atoms with Gasteiger partial charge < -0.3 is 10.1 Å². The van der Waals surface area contributed by atoms with Crippen LogP contribution in [0.1, 0.15) is 31.6 Å². The van der Waals surface area contributed by atoms with Crippen molar-refractivity contribution in [3.05, 3.63) is 59.6 Å². The number of piperidine rings is 1. The number of anilines is 1. The van der Waals surface area contributed by atoms with E-state index >= 15 is 0 Å². The summed E-state index contributed by atoms with van der Waals surface area (Å²) in [6.45, 7) is 2.77. The van der Waals surface area contributed by atoms with Crippen LogP contribution >= 0.6 is 11.6 Å². The molecule has 0 radical (unpaired) electrons. The first-order valence-electron chi connectivity index (χ1n) is 11.3. The second kappa shape index (κ2) is 9.52. The third kappa shape index (κ3) is 5.00. The first-order chi connectivity index (χ1) is 16.8. The van der Waals surface area contributed by atoms with Gasteiger partial charge in [0.25, 0.3) is 0 Å². The smallest absolute Gasteiger partial charge is 0.226 e. The van der Waals surface area contributed by atoms with Crippen molar-refractivity contribution in [2.45, 2.75) is 31.9 Å². The summed E-state index contributed by atoms with van der Waals surface area (Å²) in [5, 5.41) is 5.44. The molecule has 1 aliphatic heterocycles. The van der Waals surface area contributed by atoms with E-state index in [1.807, 2.05) is 43.3 Å². The highest BCUT2D eigenvalue weighted by Crippen LogP contribution is 2.33. The highest BCUT2D eigenvalue weighted by atomic mass is 35.5. The normalized spacial score (nSPS) is 16.4. The van der Waals surface area contributed by atoms with Crippen LogP contribution in [-0.2, 0) is 10.0 Å². The van der Waals surface area contributed by atoms with E-state index < -0.39 is 10.0 Å². The Morgan fingerprint density at radius 1 is 1.06 bits per heavy atom. The highest BCUT2D eigenvalue weighted by Gasteiger charge is 2.27. The van der Waals surface area contributed by atoms with Gasteiger partial charge in [0, 0.05) is 18.5 Å². The van der Waals surface area contributed by atoms with Gasteiger partial charge in [-0.15, -0.1) is 0 Å². The molecule has 35 heavy (non-hydrogen) atoms. The minimum Gasteiger partial charge on any atom is -0.474 e. The van der Waals surface area contributed by atoms with E-state index in [2.05, 4.69) is 15.3 Å². The fourth-order valence-electron chi connectivity index (χ4n) is 4.23. The molecule has 1 saturated heterocycles. The van der Waals surface area contributed by atoms with E-state index in [-0.39, 0.29) is 12.1 Å². The first-order valence-corrected chi connectivity index (χ1v) is 13.6. The molecule has 2 aromatic heterocycles. The monoisotopic (exact) mass is 512 g/mol. The van der Waals surface area contributed by atoms with Crippen molar-refractivity contribution in [3.8, 4) is 5.88 Å². The van der Waals surface area contributed by atoms with Crippen LogP contribution in [0.2, 0.25) is 5.02 Å². The number of sulfonamides is 1. The number of ether oxygens (including phenoxy) is 1. The molecule has 182 valence electrons. The lowest BCUT2D eigenvalue weighted by Crippen LogP contribution is -2.41. The van der Waals surface area contributed by atoms with Crippen LogP contribution < -0.4 is 10.1 Å². The summed E-state index contributed by atoms with van der Waals surface area (Å²) in [4.78, 5) is 18.2. The Morgan fingerprint density at radius 2 is 1.80 bits per heavy atom. The number of benzene rings is 2. The largest absolute Gasteiger partial charge is 0.474 e. The van der Waals surface area contributed by atoms with E-state index in [9.17, 15) is 8.42 Å². The summed E-state index contributed by atoms with van der Waals surface area (Å²) < 4.78 is 31.5. The van der Waals surface area contributed by atoms with Crippen LogP contribution in [0.25, 0.3) is 21.8 Å². The van der Waals surface area contributed by atoms with Crippen molar-refractivity contribution in [1.82, 2.24) is 24.2 Å². The average Bonchev–Trinajstić information content (AvgIpc) is 2.84. The van der Waals surface area contributed by atoms with Crippen molar-refractivity contribution >= 4 is 49.2 Å². The van der Waals surface area contributed by atoms with Gasteiger partial charge in [0.2, 0.25) is 15.9 Å². The predicted octanol–water partition coefficient (Wildman–Crippen LogP) is 4.20. The molecule has 9 nitrogen and oxygen atoms in total. The van der Waals surface area contributed by atoms with Gasteiger partial charge in [0.15, 0.2) is 5.82 Å². The molecular formula is C24H25ClN6O3S. The van der Waals surface area contributed by atoms with Crippen LogP contribution in [0.15, 0.2) is 48.8 Å². The Hall–Kier alpha value is -3.08. The van der Waals surface area contributed by atoms with E-state index in [0.717, 1.165) is 10.9 Å². The number of nitrogens with zero attached hydrogens (tertiary/aromatic N) is 5. The van der Waals surface area contributed by atoms with Gasteiger partial charge in [-0.05, 0) is 44.0 Å². The van der Waals surface area contributed by atoms with Crippen LogP contribution in [-0.4, -0.2) is 58.1 Å². The lowest BCUT2D eigenvalue weighted by Gasteiger charge is -2.30. The molecule has 1 N–H and O–H groups in total. The van der Waals surface area contributed by atoms with Gasteiger partial charge in [-0.3, -0.25) is 0 Å². The molecular weight excluding hydrogens is 488 g/mol. The Morgan fingerprint density at radius 3 is 2.57 bits per heavy atom. The number of hydrogen-bond donors (Lipinski definition) is 1. The van der Waals surface area contributed by atoms with Crippen molar-refractivity contribution in [2.24, 2.45) is 0 Å². The Bertz CT molecular complexity index is 1490. The minimum atomic E-state index is -3.21. The maximum absolute atomic E-state index is 11.9. The molecule has 0 saturated carbocycles. The standard InChI is InChI=1S/C24H25ClN6O3S/c1-15(28-23-17-6-3-4-8-19(17)26-14-27-23)22-29-20-9-5-7-18(25)21(20)24(30-22)34-16-10-12-31(13-11-16)35(2,32)33/h3-9,14-16H,10-13H2,1-2H3,(H,26,27,28)/t15-/m0/s1. The van der Waals surface area contributed by atoms with Crippen LogP contribution in [0.4, 0.5) is 5.82 Å². The van der Waals surface area contributed by atoms with Crippen molar-refractivity contribution in [3.63, 3.8) is 0 Å². The van der Waals surface area contributed by atoms with Gasteiger partial charge in [-0.25, -0.2) is 27.7 Å². The van der Waals surface area contributed by atoms with Gasteiger partial charge >= 0.3 is 0 Å². The topological polar surface area (TPSA) is 110 Å². The van der Waals surface area contributed by atoms with Crippen LogP contribution in [0.3, 0.4) is 0 Å². The first kappa shape index (κ1) is 23.7. The molecule has 4 aromatic rings. The van der Waals surface area contributed by atoms with Crippen molar-refractivity contribution in [2.75, 3.05) is 24.7 Å². The third-order valence-electron chi connectivity index (χ3n) is 6.09. The quantitative estimate of drug-likeness (QED) is 0.409. The second-order valence-corrected chi connectivity index (χ2v) is 11.0. The second-order valence-electron chi connectivity index (χ2n) is 8.61. The molecule has 1 aliphatic rings. The van der Waals surface area contributed by atoms with E-state index in [1.54, 1.807) is 6.07 Å². The molecule has 1 atom stereocenters. The molecule has 0 aliphatic carbocycles. The number of halogens is 1. The zero-order valence-electron chi connectivity index (χ0n) is 19.3. The van der Waals surface area contributed by atoms with Crippen molar-refractivity contribution < 1.29 is 13.2 Å². The van der Waals surface area contributed by atoms with Gasteiger partial charge in [0.05, 0.1) is 33.7 Å². The molecule has 2 aromatic carbocycles. The predicted molar refractivity (Wildman–Crippen MR) is 136 cm³/mol. The number of rotatable bonds is 6. The minimum absolute atomic E-state index is 0.177. The summed E-state index contributed by atoms with van der Waals surface area (Å²) in [6, 6.07) is 13.0. The van der Waals surface area contributed by atoms with Crippen LogP contribution in [0, 0.1) is 0 Å². The Balaban J connectivity index is 1.45. The average molecular weight is 513 g/mol. The van der Waals surface area contributed by atoms with E-state index in [1.165, 1.54) is 16.9 Å². The Labute approximate surface area is 208 Å². The molecule has 0 spiro atoms. The number of aromatic nitrogens is 4. The molecule has 0 bridgehead atoms. The summed E-state index contributed by atoms with van der Waals surface area (Å²) in [6.07, 6.45) is 3.71. The summed E-state index contributed by atoms with van der Waals surface area (Å²) in [5.41, 5.74) is 1.51. The summed E-state index contributed by atoms with van der Waals surface area (Å²) >= 11 is 6.51. The molecule has 11 heteroatoms. The maximum Gasteiger partial charge on any atom is 0.226 e. The zero-order valence-corrected chi connectivity index (χ0v) is 20.9. The lowest BCUT2D eigenvalue weighted by atomic mass is 10.1. The number of nitrogens with one attached hydrogen (secondary N) is 1. The molecule has 0 amide bonds. The van der Waals surface area contributed by atoms with Gasteiger partial charge in [0.1, 0.15) is 18.2 Å². The highest BCUT2D eigenvalue weighted by molar-refractivity contribution is 7.88. The number of para-hydroxylation sites is 1. The van der Waals surface area contributed by atoms with Gasteiger partial charge in [-0.2, -0.15) is 4.98 Å². The molecule has 1 fully saturated rings. The van der Waals surface area contributed by atoms with E-state index in [4.69, 9.17) is 26.3 Å². The SMILES string of the molecule is C[C@H](Nc1ncnc2ccccc12)c1nc(OC2CCN(S(C)(=O)=O)CC2)c2c(Cl)cccc2n1. The number of fused-ring (bicyclic) bond motifs is 2. The fraction of sp³-hybridized carbons (Fsp3) is 0.333. The van der Waals surface area contributed by atoms with E-state index in [0.29, 0.717) is 59.4 Å². The molecule has 0 unspecified atom stereocenters. The number of hydrogen-bond acceptors (Lipinski definition) is 8.